The number of rotatable bonds is 4. The van der Waals surface area contributed by atoms with Gasteiger partial charge in [-0.3, -0.25) is 4.79 Å². The summed E-state index contributed by atoms with van der Waals surface area (Å²) < 4.78 is 28.0. The summed E-state index contributed by atoms with van der Waals surface area (Å²) in [5.41, 5.74) is 0.0500. The molecule has 0 atom stereocenters. The molecule has 0 saturated heterocycles. The van der Waals surface area contributed by atoms with E-state index in [0.717, 1.165) is 6.07 Å². The molecule has 0 aliphatic rings. The topological polar surface area (TPSA) is 46.5 Å². The fraction of sp³-hybridized carbons (Fsp3) is 0.222. The molecule has 0 aliphatic carbocycles. The summed E-state index contributed by atoms with van der Waals surface area (Å²) in [6, 6.07) is 2.41. The van der Waals surface area contributed by atoms with E-state index >= 15 is 0 Å². The zero-order chi connectivity index (χ0) is 12.3. The lowest BCUT2D eigenvalue weighted by molar-refractivity contribution is -0.136. The highest BCUT2D eigenvalue weighted by atomic mass is 35.5. The molecule has 3 nitrogen and oxygen atoms in total. The lowest BCUT2D eigenvalue weighted by atomic mass is 10.1. The highest BCUT2D eigenvalue weighted by molar-refractivity contribution is 6.37. The van der Waals surface area contributed by atoms with Crippen molar-refractivity contribution in [2.45, 2.75) is 13.0 Å². The fourth-order valence-electron chi connectivity index (χ4n) is 1.08. The van der Waals surface area contributed by atoms with Crippen molar-refractivity contribution in [2.24, 2.45) is 0 Å². The highest BCUT2D eigenvalue weighted by Gasteiger charge is 2.16. The maximum absolute atomic E-state index is 12.0. The minimum absolute atomic E-state index is 0.0500. The molecule has 0 fully saturated rings. The molecule has 88 valence electrons. The lowest BCUT2D eigenvalue weighted by Crippen LogP contribution is -2.06. The van der Waals surface area contributed by atoms with Crippen molar-refractivity contribution in [3.8, 4) is 5.75 Å². The van der Waals surface area contributed by atoms with Gasteiger partial charge >= 0.3 is 12.6 Å². The van der Waals surface area contributed by atoms with Crippen LogP contribution >= 0.6 is 23.2 Å². The summed E-state index contributed by atoms with van der Waals surface area (Å²) in [6.45, 7) is -3.03. The Balaban J connectivity index is 3.10. The first kappa shape index (κ1) is 13.0. The molecule has 1 aromatic carbocycles. The summed E-state index contributed by atoms with van der Waals surface area (Å²) in [5, 5.41) is 8.46. The Bertz CT molecular complexity index is 410. The van der Waals surface area contributed by atoms with E-state index in [0.29, 0.717) is 0 Å². The van der Waals surface area contributed by atoms with Crippen LogP contribution in [-0.4, -0.2) is 17.7 Å². The third-order valence-electron chi connectivity index (χ3n) is 1.69. The number of hydrogen-bond acceptors (Lipinski definition) is 2. The van der Waals surface area contributed by atoms with Gasteiger partial charge in [-0.1, -0.05) is 23.2 Å². The van der Waals surface area contributed by atoms with Crippen LogP contribution in [0.5, 0.6) is 5.75 Å². The predicted octanol–water partition coefficient (Wildman–Crippen LogP) is 3.22. The van der Waals surface area contributed by atoms with Gasteiger partial charge < -0.3 is 9.84 Å². The van der Waals surface area contributed by atoms with Crippen LogP contribution in [-0.2, 0) is 11.2 Å². The van der Waals surface area contributed by atoms with E-state index in [1.807, 2.05) is 0 Å². The van der Waals surface area contributed by atoms with E-state index in [-0.39, 0.29) is 21.4 Å². The Kier molecular flexibility index (Phi) is 4.32. The molecule has 0 radical (unpaired) electrons. The van der Waals surface area contributed by atoms with Gasteiger partial charge in [0.2, 0.25) is 0 Å². The quantitative estimate of drug-likeness (QED) is 0.914. The van der Waals surface area contributed by atoms with Crippen molar-refractivity contribution in [2.75, 3.05) is 0 Å². The largest absolute Gasteiger partial charge is 0.481 e. The molecule has 0 aromatic heterocycles. The summed E-state index contributed by atoms with van der Waals surface area (Å²) >= 11 is 11.4. The molecule has 1 N–H and O–H groups in total. The molecular formula is C9H6Cl2F2O3. The molecule has 1 rings (SSSR count). The van der Waals surface area contributed by atoms with Gasteiger partial charge in [0, 0.05) is 10.6 Å². The third kappa shape index (κ3) is 3.21. The Morgan fingerprint density at radius 1 is 1.44 bits per heavy atom. The second-order valence-electron chi connectivity index (χ2n) is 2.79. The zero-order valence-electron chi connectivity index (χ0n) is 7.71. The summed E-state index contributed by atoms with van der Waals surface area (Å²) in [7, 11) is 0. The number of alkyl halides is 2. The maximum atomic E-state index is 12.0. The minimum atomic E-state index is -3.03. The van der Waals surface area contributed by atoms with E-state index in [9.17, 15) is 13.6 Å². The monoisotopic (exact) mass is 270 g/mol. The van der Waals surface area contributed by atoms with Crippen molar-refractivity contribution in [1.82, 2.24) is 0 Å². The minimum Gasteiger partial charge on any atom is -0.481 e. The van der Waals surface area contributed by atoms with Crippen LogP contribution in [0.4, 0.5) is 8.78 Å². The van der Waals surface area contributed by atoms with Gasteiger partial charge in [-0.2, -0.15) is 8.78 Å². The normalized spacial score (nSPS) is 10.6. The van der Waals surface area contributed by atoms with Gasteiger partial charge in [0.05, 0.1) is 11.4 Å². The average Bonchev–Trinajstić information content (AvgIpc) is 2.16. The lowest BCUT2D eigenvalue weighted by Gasteiger charge is -2.10. The van der Waals surface area contributed by atoms with Crippen LogP contribution in [0.3, 0.4) is 0 Å². The zero-order valence-corrected chi connectivity index (χ0v) is 9.23. The van der Waals surface area contributed by atoms with Crippen LogP contribution in [0.25, 0.3) is 0 Å². The maximum Gasteiger partial charge on any atom is 0.387 e. The van der Waals surface area contributed by atoms with Gasteiger partial charge in [0.25, 0.3) is 0 Å². The Labute approximate surface area is 99.5 Å². The van der Waals surface area contributed by atoms with Crippen LogP contribution in [0.15, 0.2) is 12.1 Å². The van der Waals surface area contributed by atoms with E-state index < -0.39 is 19.0 Å². The van der Waals surface area contributed by atoms with Gasteiger partial charge in [0.1, 0.15) is 5.75 Å². The number of hydrogen-bond donors (Lipinski definition) is 1. The van der Waals surface area contributed by atoms with Crippen molar-refractivity contribution >= 4 is 29.2 Å². The molecule has 0 unspecified atom stereocenters. The van der Waals surface area contributed by atoms with Crippen molar-refractivity contribution < 1.29 is 23.4 Å². The summed E-state index contributed by atoms with van der Waals surface area (Å²) in [4.78, 5) is 10.5. The molecule has 0 heterocycles. The van der Waals surface area contributed by atoms with Crippen molar-refractivity contribution in [3.05, 3.63) is 27.7 Å². The Hall–Kier alpha value is -1.07. The van der Waals surface area contributed by atoms with E-state index in [2.05, 4.69) is 4.74 Å². The van der Waals surface area contributed by atoms with E-state index in [4.69, 9.17) is 28.3 Å². The standard InChI is InChI=1S/C9H6Cl2F2O3/c10-5-1-2-6(16-9(12)13)8(11)4(5)3-7(14)15/h1-2,9H,3H2,(H,14,15). The number of halogens is 4. The van der Waals surface area contributed by atoms with Gasteiger partial charge in [-0.25, -0.2) is 0 Å². The summed E-state index contributed by atoms with van der Waals surface area (Å²) in [6.07, 6.45) is -0.460. The van der Waals surface area contributed by atoms with E-state index in [1.165, 1.54) is 6.07 Å². The predicted molar refractivity (Wildman–Crippen MR) is 54.4 cm³/mol. The molecule has 0 spiro atoms. The Morgan fingerprint density at radius 3 is 2.56 bits per heavy atom. The summed E-state index contributed by atoms with van der Waals surface area (Å²) in [5.74, 6) is -1.46. The molecule has 0 amide bonds. The molecule has 7 heteroatoms. The van der Waals surface area contributed by atoms with Crippen LogP contribution in [0.2, 0.25) is 10.0 Å². The second kappa shape index (κ2) is 5.32. The number of aliphatic carboxylic acids is 1. The van der Waals surface area contributed by atoms with E-state index in [1.54, 1.807) is 0 Å². The molecule has 0 bridgehead atoms. The Morgan fingerprint density at radius 2 is 2.06 bits per heavy atom. The van der Waals surface area contributed by atoms with Crippen molar-refractivity contribution in [3.63, 3.8) is 0 Å². The second-order valence-corrected chi connectivity index (χ2v) is 3.57. The SMILES string of the molecule is O=C(O)Cc1c(Cl)ccc(OC(F)F)c1Cl. The number of carboxylic acids is 1. The molecular weight excluding hydrogens is 265 g/mol. The average molecular weight is 271 g/mol. The van der Waals surface area contributed by atoms with Crippen LogP contribution < -0.4 is 4.74 Å². The first-order chi connectivity index (χ1) is 7.41. The molecule has 16 heavy (non-hydrogen) atoms. The smallest absolute Gasteiger partial charge is 0.387 e. The first-order valence-corrected chi connectivity index (χ1v) is 4.81. The van der Waals surface area contributed by atoms with Crippen LogP contribution in [0, 0.1) is 0 Å². The van der Waals surface area contributed by atoms with Crippen molar-refractivity contribution in [1.29, 1.82) is 0 Å². The fourth-order valence-corrected chi connectivity index (χ4v) is 1.63. The van der Waals surface area contributed by atoms with Crippen LogP contribution in [0.1, 0.15) is 5.56 Å². The third-order valence-corrected chi connectivity index (χ3v) is 2.46. The number of ether oxygens (including phenoxy) is 1. The van der Waals surface area contributed by atoms with Gasteiger partial charge in [-0.15, -0.1) is 0 Å². The number of carbonyl (C=O) groups is 1. The molecule has 1 aromatic rings. The van der Waals surface area contributed by atoms with Gasteiger partial charge in [-0.05, 0) is 12.1 Å². The molecule has 0 saturated carbocycles. The number of benzene rings is 1. The first-order valence-electron chi connectivity index (χ1n) is 4.05. The highest BCUT2D eigenvalue weighted by Crippen LogP contribution is 2.34. The molecule has 0 aliphatic heterocycles. The van der Waals surface area contributed by atoms with Gasteiger partial charge in [0.15, 0.2) is 0 Å². The number of carboxylic acid groups (broad SMARTS) is 1.